The van der Waals surface area contributed by atoms with Crippen LogP contribution in [-0.2, 0) is 31.8 Å². The summed E-state index contributed by atoms with van der Waals surface area (Å²) in [5.74, 6) is -2.49. The fourth-order valence-corrected chi connectivity index (χ4v) is 4.17. The van der Waals surface area contributed by atoms with E-state index in [1.165, 1.54) is 32.0 Å². The Hall–Kier alpha value is -2.69. The van der Waals surface area contributed by atoms with Crippen LogP contribution in [0.3, 0.4) is 0 Å². The van der Waals surface area contributed by atoms with E-state index in [1.807, 2.05) is 18.2 Å². The van der Waals surface area contributed by atoms with Gasteiger partial charge in [0, 0.05) is 35.3 Å². The van der Waals surface area contributed by atoms with Gasteiger partial charge >= 0.3 is 11.9 Å². The number of nitrogens with zero attached hydrogens (tertiary/aromatic N) is 1. The third-order valence-electron chi connectivity index (χ3n) is 5.00. The molecule has 1 aliphatic heterocycles. The molecule has 0 radical (unpaired) electrons. The van der Waals surface area contributed by atoms with E-state index in [0.717, 1.165) is 22.9 Å². The van der Waals surface area contributed by atoms with Gasteiger partial charge in [0.2, 0.25) is 10.0 Å². The molecule has 3 rings (SSSR count). The average molecular weight is 438 g/mol. The van der Waals surface area contributed by atoms with Crippen molar-refractivity contribution in [2.45, 2.75) is 31.1 Å². The van der Waals surface area contributed by atoms with Crippen LogP contribution in [0.15, 0.2) is 36.5 Å². The number of likely N-dealkylation sites (tertiary alicyclic amines) is 1. The maximum absolute atomic E-state index is 11.7. The fraction of sp³-hybridized carbons (Fsp3) is 0.400. The number of rotatable bonds is 7. The van der Waals surface area contributed by atoms with Crippen molar-refractivity contribution < 1.29 is 28.2 Å². The number of carbonyl (C=O) groups is 2. The van der Waals surface area contributed by atoms with Crippen LogP contribution in [0.4, 0.5) is 0 Å². The number of benzene rings is 1. The van der Waals surface area contributed by atoms with E-state index in [1.54, 1.807) is 0 Å². The van der Waals surface area contributed by atoms with Gasteiger partial charge in [-0.25, -0.2) is 22.7 Å². The smallest absolute Gasteiger partial charge is 0.328 e. The normalized spacial score (nSPS) is 17.2. The number of hydrogen-bond acceptors (Lipinski definition) is 5. The predicted molar refractivity (Wildman–Crippen MR) is 114 cm³/mol. The molecule has 2 aromatic rings. The lowest BCUT2D eigenvalue weighted by Crippen LogP contribution is -2.26. The van der Waals surface area contributed by atoms with Crippen LogP contribution in [0.1, 0.15) is 24.0 Å². The quantitative estimate of drug-likeness (QED) is 0.482. The highest BCUT2D eigenvalue weighted by atomic mass is 32.2. The summed E-state index contributed by atoms with van der Waals surface area (Å²) in [6.45, 7) is 1.17. The first-order valence-corrected chi connectivity index (χ1v) is 11.1. The third-order valence-corrected chi connectivity index (χ3v) is 6.33. The number of hydrogen-bond donors (Lipinski definition) is 4. The van der Waals surface area contributed by atoms with Crippen molar-refractivity contribution in [1.29, 1.82) is 0 Å². The van der Waals surface area contributed by atoms with Crippen LogP contribution >= 0.6 is 0 Å². The molecule has 4 N–H and O–H groups in total. The number of sulfonamides is 1. The number of likely N-dealkylation sites (N-methyl/N-ethyl adjacent to an activating group) is 1. The molecule has 30 heavy (non-hydrogen) atoms. The predicted octanol–water partition coefficient (Wildman–Crippen LogP) is 1.57. The van der Waals surface area contributed by atoms with Crippen molar-refractivity contribution in [1.82, 2.24) is 14.6 Å². The molecule has 1 fully saturated rings. The minimum absolute atomic E-state index is 0.0212. The summed E-state index contributed by atoms with van der Waals surface area (Å²) in [5.41, 5.74) is 3.17. The SMILES string of the molecule is CNS(=O)(=O)Cc1ccc2[nH]cc(C[C@H]3CCCN3C)c2c1.O=C(O)/C=C/C(=O)O. The van der Waals surface area contributed by atoms with Crippen molar-refractivity contribution in [2.75, 3.05) is 20.6 Å². The second-order valence-electron chi connectivity index (χ2n) is 7.15. The van der Waals surface area contributed by atoms with Crippen LogP contribution in [-0.4, -0.2) is 67.1 Å². The van der Waals surface area contributed by atoms with E-state index >= 15 is 0 Å². The van der Waals surface area contributed by atoms with E-state index in [4.69, 9.17) is 10.2 Å². The van der Waals surface area contributed by atoms with Crippen LogP contribution in [0.2, 0.25) is 0 Å². The van der Waals surface area contributed by atoms with E-state index in [9.17, 15) is 18.0 Å². The first kappa shape index (κ1) is 23.6. The van der Waals surface area contributed by atoms with Crippen LogP contribution < -0.4 is 4.72 Å². The van der Waals surface area contributed by atoms with Gasteiger partial charge in [0.1, 0.15) is 0 Å². The molecule has 0 bridgehead atoms. The molecular weight excluding hydrogens is 410 g/mol. The van der Waals surface area contributed by atoms with Gasteiger partial charge in [-0.1, -0.05) is 6.07 Å². The molecule has 0 aliphatic carbocycles. The van der Waals surface area contributed by atoms with Gasteiger partial charge in [0.05, 0.1) is 5.75 Å². The molecule has 0 saturated carbocycles. The van der Waals surface area contributed by atoms with Gasteiger partial charge in [0.15, 0.2) is 0 Å². The lowest BCUT2D eigenvalue weighted by molar-refractivity contribution is -0.134. The van der Waals surface area contributed by atoms with Crippen LogP contribution in [0.25, 0.3) is 10.9 Å². The first-order chi connectivity index (χ1) is 14.1. The molecule has 1 aliphatic rings. The number of carboxylic acid groups (broad SMARTS) is 2. The van der Waals surface area contributed by atoms with E-state index in [2.05, 4.69) is 27.9 Å². The maximum Gasteiger partial charge on any atom is 0.328 e. The molecule has 1 atom stereocenters. The molecule has 0 amide bonds. The highest BCUT2D eigenvalue weighted by Gasteiger charge is 2.22. The Morgan fingerprint density at radius 1 is 1.27 bits per heavy atom. The van der Waals surface area contributed by atoms with Crippen molar-refractivity contribution in [3.63, 3.8) is 0 Å². The molecule has 0 spiro atoms. The second kappa shape index (κ2) is 10.4. The zero-order valence-electron chi connectivity index (χ0n) is 17.0. The Bertz CT molecular complexity index is 1010. The maximum atomic E-state index is 11.7. The Morgan fingerprint density at radius 2 is 1.93 bits per heavy atom. The molecule has 9 nitrogen and oxygen atoms in total. The largest absolute Gasteiger partial charge is 0.478 e. The molecule has 1 aromatic heterocycles. The standard InChI is InChI=1S/C16H23N3O2S.C4H4O4/c1-17-22(20,21)11-12-5-6-16-15(8-12)13(10-18-16)9-14-4-3-7-19(14)2;5-3(6)1-2-4(7)8/h5-6,8,10,14,17-18H,3-4,7,9,11H2,1-2H3;1-2H,(H,5,6)(H,7,8)/b;2-1+/t14-;/m1./s1. The lowest BCUT2D eigenvalue weighted by atomic mass is 10.0. The highest BCUT2D eigenvalue weighted by molar-refractivity contribution is 7.88. The monoisotopic (exact) mass is 437 g/mol. The van der Waals surface area contributed by atoms with Gasteiger partial charge in [-0.05, 0) is 63.2 Å². The molecule has 164 valence electrons. The van der Waals surface area contributed by atoms with E-state index < -0.39 is 22.0 Å². The molecule has 1 aromatic carbocycles. The molecule has 1 saturated heterocycles. The average Bonchev–Trinajstić information content (AvgIpc) is 3.27. The molecule has 10 heteroatoms. The van der Waals surface area contributed by atoms with E-state index in [0.29, 0.717) is 18.2 Å². The summed E-state index contributed by atoms with van der Waals surface area (Å²) in [6, 6.07) is 6.44. The first-order valence-electron chi connectivity index (χ1n) is 9.45. The van der Waals surface area contributed by atoms with Crippen molar-refractivity contribution in [3.8, 4) is 0 Å². The Balaban J connectivity index is 0.000000343. The highest BCUT2D eigenvalue weighted by Crippen LogP contribution is 2.26. The summed E-state index contributed by atoms with van der Waals surface area (Å²) >= 11 is 0. The summed E-state index contributed by atoms with van der Waals surface area (Å²) in [6.07, 6.45) is 6.68. The van der Waals surface area contributed by atoms with Crippen molar-refractivity contribution in [3.05, 3.63) is 47.7 Å². The van der Waals surface area contributed by atoms with Gasteiger partial charge in [-0.2, -0.15) is 0 Å². The molecular formula is C20H27N3O6S. The zero-order chi connectivity index (χ0) is 22.3. The summed E-state index contributed by atoms with van der Waals surface area (Å²) in [4.78, 5) is 24.8. The van der Waals surface area contributed by atoms with Gasteiger partial charge in [-0.3, -0.25) is 0 Å². The van der Waals surface area contributed by atoms with Crippen molar-refractivity contribution in [2.24, 2.45) is 0 Å². The van der Waals surface area contributed by atoms with Crippen LogP contribution in [0.5, 0.6) is 0 Å². The number of aliphatic carboxylic acids is 2. The fourth-order valence-electron chi connectivity index (χ4n) is 3.41. The van der Waals surface area contributed by atoms with E-state index in [-0.39, 0.29) is 5.75 Å². The zero-order valence-corrected chi connectivity index (χ0v) is 17.8. The third kappa shape index (κ3) is 6.97. The number of H-pyrrole nitrogens is 1. The lowest BCUT2D eigenvalue weighted by Gasteiger charge is -2.18. The number of nitrogens with one attached hydrogen (secondary N) is 2. The Kier molecular flexibility index (Phi) is 8.16. The summed E-state index contributed by atoms with van der Waals surface area (Å²) in [5, 5.41) is 16.8. The summed E-state index contributed by atoms with van der Waals surface area (Å²) in [7, 11) is 0.391. The van der Waals surface area contributed by atoms with Crippen LogP contribution in [0, 0.1) is 0 Å². The summed E-state index contributed by atoms with van der Waals surface area (Å²) < 4.78 is 25.8. The Labute approximate surface area is 175 Å². The molecule has 2 heterocycles. The Morgan fingerprint density at radius 3 is 2.47 bits per heavy atom. The molecule has 0 unspecified atom stereocenters. The minimum atomic E-state index is -3.24. The van der Waals surface area contributed by atoms with Gasteiger partial charge in [0.25, 0.3) is 0 Å². The topological polar surface area (TPSA) is 140 Å². The van der Waals surface area contributed by atoms with Gasteiger partial charge < -0.3 is 20.1 Å². The van der Waals surface area contributed by atoms with Gasteiger partial charge in [-0.15, -0.1) is 0 Å². The second-order valence-corrected chi connectivity index (χ2v) is 9.07. The van der Waals surface area contributed by atoms with Crippen molar-refractivity contribution >= 4 is 32.9 Å². The number of carboxylic acids is 2. The number of aromatic amines is 1. The number of fused-ring (bicyclic) bond motifs is 1. The minimum Gasteiger partial charge on any atom is -0.478 e. The number of aromatic nitrogens is 1.